The number of benzene rings is 1. The van der Waals surface area contributed by atoms with E-state index in [0.717, 1.165) is 0 Å². The Balaban J connectivity index is 2.53. The van der Waals surface area contributed by atoms with Gasteiger partial charge in [0.05, 0.1) is 0 Å². The van der Waals surface area contributed by atoms with Gasteiger partial charge in [-0.15, -0.1) is 0 Å². The van der Waals surface area contributed by atoms with Crippen LogP contribution in [-0.2, 0) is 0 Å². The molecule has 2 heteroatoms. The van der Waals surface area contributed by atoms with Crippen molar-refractivity contribution in [1.29, 1.82) is 0 Å². The van der Waals surface area contributed by atoms with Gasteiger partial charge < -0.3 is 4.57 Å². The highest BCUT2D eigenvalue weighted by Crippen LogP contribution is 2.00. The Labute approximate surface area is 115 Å². The standard InChI is InChI=1S/C16H27NSi/c1-4-7-13-17(14-8-5-2)18-16-11-9-15(6-3)10-12-16/h6,9-12H,3-5,7-8,13-14,18H2,1-2H3. The number of unbranched alkanes of at least 4 members (excludes halogenated alkanes) is 2. The molecule has 1 aromatic rings. The molecular weight excluding hydrogens is 234 g/mol. The van der Waals surface area contributed by atoms with E-state index in [-0.39, 0.29) is 9.68 Å². The van der Waals surface area contributed by atoms with Crippen LogP contribution in [0.15, 0.2) is 30.8 Å². The number of rotatable bonds is 9. The van der Waals surface area contributed by atoms with Gasteiger partial charge in [0.1, 0.15) is 9.68 Å². The highest BCUT2D eigenvalue weighted by molar-refractivity contribution is 6.50. The highest BCUT2D eigenvalue weighted by atomic mass is 28.2. The number of hydrogen-bond acceptors (Lipinski definition) is 1. The molecule has 1 rings (SSSR count). The molecule has 0 atom stereocenters. The van der Waals surface area contributed by atoms with Gasteiger partial charge in [0, 0.05) is 0 Å². The van der Waals surface area contributed by atoms with Crippen molar-refractivity contribution >= 4 is 20.9 Å². The van der Waals surface area contributed by atoms with E-state index >= 15 is 0 Å². The molecule has 1 aromatic carbocycles. The summed E-state index contributed by atoms with van der Waals surface area (Å²) in [5.41, 5.74) is 1.22. The molecule has 0 bridgehead atoms. The van der Waals surface area contributed by atoms with Gasteiger partial charge >= 0.3 is 0 Å². The topological polar surface area (TPSA) is 3.24 Å². The molecule has 1 nitrogen and oxygen atoms in total. The van der Waals surface area contributed by atoms with Gasteiger partial charge in [-0.2, -0.15) is 0 Å². The SMILES string of the molecule is C=Cc1ccc([SiH2]N(CCCC)CCCC)cc1. The first-order chi connectivity index (χ1) is 8.80. The summed E-state index contributed by atoms with van der Waals surface area (Å²) in [6, 6.07) is 8.95. The van der Waals surface area contributed by atoms with Crippen LogP contribution in [0.3, 0.4) is 0 Å². The van der Waals surface area contributed by atoms with Crippen molar-refractivity contribution in [1.82, 2.24) is 4.57 Å². The molecule has 0 amide bonds. The lowest BCUT2D eigenvalue weighted by Crippen LogP contribution is -2.37. The largest absolute Gasteiger partial charge is 0.325 e. The van der Waals surface area contributed by atoms with Gasteiger partial charge in [-0.25, -0.2) is 0 Å². The lowest BCUT2D eigenvalue weighted by molar-refractivity contribution is 0.423. The summed E-state index contributed by atoms with van der Waals surface area (Å²) in [5.74, 6) is 0. The maximum atomic E-state index is 3.80. The molecule has 0 aliphatic heterocycles. The molecule has 0 N–H and O–H groups in total. The number of nitrogens with zero attached hydrogens (tertiary/aromatic N) is 1. The van der Waals surface area contributed by atoms with E-state index in [9.17, 15) is 0 Å². The van der Waals surface area contributed by atoms with Crippen LogP contribution in [0.5, 0.6) is 0 Å². The summed E-state index contributed by atoms with van der Waals surface area (Å²) in [4.78, 5) is 0. The first-order valence-corrected chi connectivity index (χ1v) is 8.57. The lowest BCUT2D eigenvalue weighted by atomic mass is 10.2. The van der Waals surface area contributed by atoms with E-state index in [1.54, 1.807) is 5.19 Å². The summed E-state index contributed by atoms with van der Waals surface area (Å²) in [5, 5.41) is 1.55. The first-order valence-electron chi connectivity index (χ1n) is 7.23. The average molecular weight is 261 g/mol. The summed E-state index contributed by atoms with van der Waals surface area (Å²) in [6.07, 6.45) is 7.18. The minimum absolute atomic E-state index is 0.263. The maximum absolute atomic E-state index is 3.80. The van der Waals surface area contributed by atoms with E-state index in [4.69, 9.17) is 0 Å². The summed E-state index contributed by atoms with van der Waals surface area (Å²) in [7, 11) is -0.263. The van der Waals surface area contributed by atoms with Gasteiger partial charge in [0.2, 0.25) is 0 Å². The zero-order valence-electron chi connectivity index (χ0n) is 12.0. The third-order valence-electron chi connectivity index (χ3n) is 3.28. The Kier molecular flexibility index (Phi) is 7.70. The third kappa shape index (κ3) is 5.65. The fourth-order valence-electron chi connectivity index (χ4n) is 2.05. The van der Waals surface area contributed by atoms with Crippen molar-refractivity contribution in [2.45, 2.75) is 39.5 Å². The van der Waals surface area contributed by atoms with Gasteiger partial charge in [0.15, 0.2) is 0 Å². The second-order valence-corrected chi connectivity index (χ2v) is 6.96. The summed E-state index contributed by atoms with van der Waals surface area (Å²) < 4.78 is 2.72. The molecule has 0 aliphatic carbocycles. The molecule has 0 radical (unpaired) electrons. The molecule has 100 valence electrons. The van der Waals surface area contributed by atoms with Crippen LogP contribution in [0.25, 0.3) is 6.08 Å². The second-order valence-electron chi connectivity index (χ2n) is 4.93. The minimum Gasteiger partial charge on any atom is -0.325 e. The molecule has 0 unspecified atom stereocenters. The van der Waals surface area contributed by atoms with Crippen LogP contribution in [0.2, 0.25) is 0 Å². The molecule has 0 fully saturated rings. The Bertz CT molecular complexity index is 323. The van der Waals surface area contributed by atoms with Crippen LogP contribution in [0.1, 0.15) is 45.1 Å². The summed E-state index contributed by atoms with van der Waals surface area (Å²) >= 11 is 0. The van der Waals surface area contributed by atoms with E-state index in [2.05, 4.69) is 49.3 Å². The van der Waals surface area contributed by atoms with Crippen molar-refractivity contribution in [2.24, 2.45) is 0 Å². The predicted octanol–water partition coefficient (Wildman–Crippen LogP) is 2.94. The molecule has 0 spiro atoms. The molecule has 0 aliphatic rings. The van der Waals surface area contributed by atoms with E-state index in [1.165, 1.54) is 44.3 Å². The Morgan fingerprint density at radius 1 is 1.06 bits per heavy atom. The fraction of sp³-hybridized carbons (Fsp3) is 0.500. The minimum atomic E-state index is -0.263. The van der Waals surface area contributed by atoms with Gasteiger partial charge in [-0.3, -0.25) is 0 Å². The molecule has 18 heavy (non-hydrogen) atoms. The van der Waals surface area contributed by atoms with Gasteiger partial charge in [-0.05, 0) is 36.7 Å². The van der Waals surface area contributed by atoms with Crippen LogP contribution < -0.4 is 5.19 Å². The predicted molar refractivity (Wildman–Crippen MR) is 86.1 cm³/mol. The Morgan fingerprint density at radius 3 is 2.06 bits per heavy atom. The van der Waals surface area contributed by atoms with Crippen molar-refractivity contribution in [3.63, 3.8) is 0 Å². The monoisotopic (exact) mass is 261 g/mol. The quantitative estimate of drug-likeness (QED) is 0.618. The van der Waals surface area contributed by atoms with Crippen LogP contribution in [0.4, 0.5) is 0 Å². The Hall–Kier alpha value is -0.863. The third-order valence-corrected chi connectivity index (χ3v) is 5.19. The van der Waals surface area contributed by atoms with E-state index in [1.807, 2.05) is 6.08 Å². The van der Waals surface area contributed by atoms with Crippen molar-refractivity contribution in [2.75, 3.05) is 13.1 Å². The second kappa shape index (κ2) is 9.12. The van der Waals surface area contributed by atoms with Gasteiger partial charge in [0.25, 0.3) is 0 Å². The van der Waals surface area contributed by atoms with Crippen LogP contribution in [0, 0.1) is 0 Å². The lowest BCUT2D eigenvalue weighted by Gasteiger charge is -2.21. The van der Waals surface area contributed by atoms with Crippen LogP contribution in [-0.4, -0.2) is 27.3 Å². The maximum Gasteiger partial charge on any atom is 0.127 e. The summed E-state index contributed by atoms with van der Waals surface area (Å²) in [6.45, 7) is 10.9. The molecular formula is C16H27NSi. The zero-order valence-corrected chi connectivity index (χ0v) is 13.4. The van der Waals surface area contributed by atoms with Crippen molar-refractivity contribution in [3.05, 3.63) is 36.4 Å². The van der Waals surface area contributed by atoms with Gasteiger partial charge in [-0.1, -0.05) is 63.6 Å². The average Bonchev–Trinajstić information content (AvgIpc) is 2.42. The van der Waals surface area contributed by atoms with Crippen molar-refractivity contribution in [3.8, 4) is 0 Å². The Morgan fingerprint density at radius 2 is 1.61 bits per heavy atom. The fourth-order valence-corrected chi connectivity index (χ4v) is 3.78. The van der Waals surface area contributed by atoms with Crippen LogP contribution >= 0.6 is 0 Å². The first kappa shape index (κ1) is 15.2. The normalized spacial score (nSPS) is 11.5. The smallest absolute Gasteiger partial charge is 0.127 e. The number of hydrogen-bond donors (Lipinski definition) is 0. The van der Waals surface area contributed by atoms with Crippen molar-refractivity contribution < 1.29 is 0 Å². The highest BCUT2D eigenvalue weighted by Gasteiger charge is 2.05. The molecule has 0 saturated heterocycles. The molecule has 0 heterocycles. The van der Waals surface area contributed by atoms with E-state index < -0.39 is 0 Å². The molecule has 0 saturated carbocycles. The van der Waals surface area contributed by atoms with E-state index in [0.29, 0.717) is 0 Å². The zero-order chi connectivity index (χ0) is 13.2. The molecule has 0 aromatic heterocycles.